The SMILES string of the molecule is CNCC(=O)N(C)c1ccc([C@H]2CN(c3nc(-c4ccncn4)cc(=O)n3C)CCO2)cc1. The van der Waals surface area contributed by atoms with E-state index in [4.69, 9.17) is 9.72 Å². The molecule has 10 heteroatoms. The van der Waals surface area contributed by atoms with Crippen LogP contribution in [0.1, 0.15) is 11.7 Å². The highest BCUT2D eigenvalue weighted by Crippen LogP contribution is 2.27. The summed E-state index contributed by atoms with van der Waals surface area (Å²) in [6, 6.07) is 11.0. The minimum Gasteiger partial charge on any atom is -0.370 e. The number of aromatic nitrogens is 4. The number of anilines is 2. The predicted octanol–water partition coefficient (Wildman–Crippen LogP) is 0.997. The molecule has 4 rings (SSSR count). The van der Waals surface area contributed by atoms with Crippen LogP contribution in [0, 0.1) is 0 Å². The Bertz CT molecular complexity index is 1160. The maximum Gasteiger partial charge on any atom is 0.255 e. The minimum absolute atomic E-state index is 0.0131. The Morgan fingerprint density at radius 1 is 1.24 bits per heavy atom. The number of benzene rings is 1. The molecular weight excluding hydrogens is 422 g/mol. The van der Waals surface area contributed by atoms with Gasteiger partial charge in [-0.05, 0) is 30.8 Å². The molecule has 10 nitrogen and oxygen atoms in total. The van der Waals surface area contributed by atoms with Gasteiger partial charge < -0.3 is 19.9 Å². The van der Waals surface area contributed by atoms with E-state index in [1.807, 2.05) is 24.3 Å². The highest BCUT2D eigenvalue weighted by atomic mass is 16.5. The molecule has 172 valence electrons. The van der Waals surface area contributed by atoms with Gasteiger partial charge in [0.15, 0.2) is 0 Å². The number of nitrogens with one attached hydrogen (secondary N) is 1. The summed E-state index contributed by atoms with van der Waals surface area (Å²) < 4.78 is 7.56. The van der Waals surface area contributed by atoms with Crippen LogP contribution in [0.3, 0.4) is 0 Å². The number of likely N-dealkylation sites (N-methyl/N-ethyl adjacent to an activating group) is 2. The molecular formula is C23H27N7O3. The maximum absolute atomic E-state index is 12.6. The number of carbonyl (C=O) groups is 1. The van der Waals surface area contributed by atoms with Crippen molar-refractivity contribution in [2.45, 2.75) is 6.10 Å². The van der Waals surface area contributed by atoms with Gasteiger partial charge in [-0.3, -0.25) is 14.2 Å². The maximum atomic E-state index is 12.6. The first-order chi connectivity index (χ1) is 16.0. The summed E-state index contributed by atoms with van der Waals surface area (Å²) in [5, 5.41) is 2.87. The van der Waals surface area contributed by atoms with Gasteiger partial charge in [-0.1, -0.05) is 12.1 Å². The fourth-order valence-electron chi connectivity index (χ4n) is 3.74. The molecule has 3 aromatic rings. The molecule has 2 aromatic heterocycles. The van der Waals surface area contributed by atoms with Gasteiger partial charge in [0.2, 0.25) is 11.9 Å². The van der Waals surface area contributed by atoms with Crippen LogP contribution in [0.2, 0.25) is 0 Å². The van der Waals surface area contributed by atoms with Crippen molar-refractivity contribution in [1.29, 1.82) is 0 Å². The number of nitrogens with zero attached hydrogens (tertiary/aromatic N) is 6. The van der Waals surface area contributed by atoms with Crippen LogP contribution in [0.4, 0.5) is 11.6 Å². The standard InChI is InChI=1S/C23H27N7O3/c1-24-13-22(32)28(2)17-6-4-16(5-7-17)20-14-30(10-11-33-20)23-27-19(12-21(31)29(23)3)18-8-9-25-15-26-18/h4-9,12,15,20,24H,10-11,13-14H2,1-3H3/t20-/m1/s1. The summed E-state index contributed by atoms with van der Waals surface area (Å²) in [5.74, 6) is 0.555. The van der Waals surface area contributed by atoms with E-state index in [0.29, 0.717) is 37.0 Å². The van der Waals surface area contributed by atoms with Crippen molar-refractivity contribution >= 4 is 17.5 Å². The van der Waals surface area contributed by atoms with Gasteiger partial charge in [-0.2, -0.15) is 0 Å². The zero-order chi connectivity index (χ0) is 23.4. The molecule has 1 atom stereocenters. The average Bonchev–Trinajstić information content (AvgIpc) is 2.86. The molecule has 1 amide bonds. The number of ether oxygens (including phenoxy) is 1. The summed E-state index contributed by atoms with van der Waals surface area (Å²) >= 11 is 0. The van der Waals surface area contributed by atoms with Gasteiger partial charge in [0.1, 0.15) is 12.4 Å². The quantitative estimate of drug-likeness (QED) is 0.594. The summed E-state index contributed by atoms with van der Waals surface area (Å²) in [7, 11) is 5.21. The van der Waals surface area contributed by atoms with E-state index in [2.05, 4.69) is 20.2 Å². The van der Waals surface area contributed by atoms with Crippen LogP contribution in [0.15, 0.2) is 53.7 Å². The van der Waals surface area contributed by atoms with E-state index in [0.717, 1.165) is 11.3 Å². The lowest BCUT2D eigenvalue weighted by atomic mass is 10.1. The summed E-state index contributed by atoms with van der Waals surface area (Å²) in [6.07, 6.45) is 2.87. The number of morpholine rings is 1. The van der Waals surface area contributed by atoms with Gasteiger partial charge in [0.25, 0.3) is 5.56 Å². The Labute approximate surface area is 191 Å². The summed E-state index contributed by atoms with van der Waals surface area (Å²) in [6.45, 7) is 1.93. The zero-order valence-corrected chi connectivity index (χ0v) is 18.9. The molecule has 0 aliphatic carbocycles. The van der Waals surface area contributed by atoms with Crippen molar-refractivity contribution < 1.29 is 9.53 Å². The van der Waals surface area contributed by atoms with Crippen LogP contribution in [0.5, 0.6) is 0 Å². The molecule has 1 saturated heterocycles. The van der Waals surface area contributed by atoms with Crippen molar-refractivity contribution in [3.05, 3.63) is 64.8 Å². The largest absolute Gasteiger partial charge is 0.370 e. The lowest BCUT2D eigenvalue weighted by Crippen LogP contribution is -2.41. The van der Waals surface area contributed by atoms with Gasteiger partial charge in [-0.25, -0.2) is 15.0 Å². The van der Waals surface area contributed by atoms with Crippen molar-refractivity contribution in [2.24, 2.45) is 7.05 Å². The fraction of sp³-hybridized carbons (Fsp3) is 0.348. The monoisotopic (exact) mass is 449 g/mol. The Kier molecular flexibility index (Phi) is 6.76. The van der Waals surface area contributed by atoms with Crippen molar-refractivity contribution in [2.75, 3.05) is 50.1 Å². The molecule has 1 aliphatic rings. The molecule has 3 heterocycles. The van der Waals surface area contributed by atoms with Gasteiger partial charge >= 0.3 is 0 Å². The molecule has 0 spiro atoms. The molecule has 33 heavy (non-hydrogen) atoms. The molecule has 1 fully saturated rings. The second-order valence-electron chi connectivity index (χ2n) is 7.81. The lowest BCUT2D eigenvalue weighted by Gasteiger charge is -2.34. The van der Waals surface area contributed by atoms with Crippen LogP contribution < -0.4 is 20.7 Å². The number of amides is 1. The third-order valence-electron chi connectivity index (χ3n) is 5.66. The Morgan fingerprint density at radius 3 is 2.73 bits per heavy atom. The highest BCUT2D eigenvalue weighted by Gasteiger charge is 2.25. The van der Waals surface area contributed by atoms with E-state index < -0.39 is 0 Å². The fourth-order valence-corrected chi connectivity index (χ4v) is 3.74. The molecule has 0 unspecified atom stereocenters. The molecule has 1 aliphatic heterocycles. The second-order valence-corrected chi connectivity index (χ2v) is 7.81. The molecule has 1 N–H and O–H groups in total. The highest BCUT2D eigenvalue weighted by molar-refractivity contribution is 5.94. The van der Waals surface area contributed by atoms with Crippen LogP contribution in [-0.2, 0) is 16.6 Å². The smallest absolute Gasteiger partial charge is 0.255 e. The number of hydrogen-bond donors (Lipinski definition) is 1. The predicted molar refractivity (Wildman–Crippen MR) is 125 cm³/mol. The van der Waals surface area contributed by atoms with Crippen LogP contribution >= 0.6 is 0 Å². The van der Waals surface area contributed by atoms with E-state index in [-0.39, 0.29) is 24.1 Å². The minimum atomic E-state index is -0.189. The Balaban J connectivity index is 1.55. The Morgan fingerprint density at radius 2 is 2.03 bits per heavy atom. The van der Waals surface area contributed by atoms with Crippen LogP contribution in [0.25, 0.3) is 11.4 Å². The zero-order valence-electron chi connectivity index (χ0n) is 18.9. The number of rotatable bonds is 6. The Hall–Kier alpha value is -3.63. The molecule has 0 saturated carbocycles. The third kappa shape index (κ3) is 4.91. The van der Waals surface area contributed by atoms with E-state index in [1.54, 1.807) is 42.9 Å². The normalized spacial score (nSPS) is 16.0. The van der Waals surface area contributed by atoms with Crippen LogP contribution in [-0.4, -0.2) is 65.8 Å². The number of carbonyl (C=O) groups excluding carboxylic acids is 1. The van der Waals surface area contributed by atoms with E-state index in [1.165, 1.54) is 12.4 Å². The number of hydrogen-bond acceptors (Lipinski definition) is 8. The summed E-state index contributed by atoms with van der Waals surface area (Å²) in [5.41, 5.74) is 2.76. The molecule has 0 radical (unpaired) electrons. The first-order valence-electron chi connectivity index (χ1n) is 10.7. The van der Waals surface area contributed by atoms with E-state index in [9.17, 15) is 9.59 Å². The topological polar surface area (TPSA) is 105 Å². The van der Waals surface area contributed by atoms with Crippen molar-refractivity contribution in [3.8, 4) is 11.4 Å². The third-order valence-corrected chi connectivity index (χ3v) is 5.66. The molecule has 0 bridgehead atoms. The van der Waals surface area contributed by atoms with Gasteiger partial charge in [0, 0.05) is 38.6 Å². The van der Waals surface area contributed by atoms with Gasteiger partial charge in [-0.15, -0.1) is 0 Å². The first kappa shape index (κ1) is 22.6. The van der Waals surface area contributed by atoms with Gasteiger partial charge in [0.05, 0.1) is 31.1 Å². The van der Waals surface area contributed by atoms with Crippen molar-refractivity contribution in [1.82, 2.24) is 24.8 Å². The lowest BCUT2D eigenvalue weighted by molar-refractivity contribution is -0.117. The summed E-state index contributed by atoms with van der Waals surface area (Å²) in [4.78, 5) is 41.3. The van der Waals surface area contributed by atoms with Crippen molar-refractivity contribution in [3.63, 3.8) is 0 Å². The first-order valence-corrected chi connectivity index (χ1v) is 10.7. The molecule has 1 aromatic carbocycles. The second kappa shape index (κ2) is 9.88. The van der Waals surface area contributed by atoms with E-state index >= 15 is 0 Å². The average molecular weight is 450 g/mol.